The van der Waals surface area contributed by atoms with Crippen molar-refractivity contribution in [3.63, 3.8) is 0 Å². The minimum atomic E-state index is -0.584. The number of carbonyl (C=O) groups excluding carboxylic acids is 1. The molecule has 1 aromatic carbocycles. The summed E-state index contributed by atoms with van der Waals surface area (Å²) < 4.78 is 19.0. The van der Waals surface area contributed by atoms with Crippen LogP contribution in [0.5, 0.6) is 5.75 Å². The van der Waals surface area contributed by atoms with E-state index in [-0.39, 0.29) is 11.5 Å². The summed E-state index contributed by atoms with van der Waals surface area (Å²) in [5.41, 5.74) is 0.0363. The molecule has 1 amide bonds. The number of ether oxygens (including phenoxy) is 1. The summed E-state index contributed by atoms with van der Waals surface area (Å²) in [5.74, 6) is -0.555. The minimum absolute atomic E-state index is 0.0363. The zero-order valence-corrected chi connectivity index (χ0v) is 12.5. The molecule has 3 nitrogen and oxygen atoms in total. The van der Waals surface area contributed by atoms with E-state index in [2.05, 4.69) is 6.58 Å². The van der Waals surface area contributed by atoms with E-state index in [9.17, 15) is 9.18 Å². The molecule has 21 heavy (non-hydrogen) atoms. The fraction of sp³-hybridized carbons (Fsp3) is 0.188. The Morgan fingerprint density at radius 1 is 1.48 bits per heavy atom. The predicted octanol–water partition coefficient (Wildman–Crippen LogP) is 3.72. The van der Waals surface area contributed by atoms with Gasteiger partial charge in [0.15, 0.2) is 0 Å². The van der Waals surface area contributed by atoms with Crippen LogP contribution in [0.2, 0.25) is 0 Å². The first-order chi connectivity index (χ1) is 10.2. The first-order valence-corrected chi connectivity index (χ1v) is 7.29. The first-order valence-electron chi connectivity index (χ1n) is 6.41. The molecule has 0 saturated heterocycles. The lowest BCUT2D eigenvalue weighted by Gasteiger charge is -2.21. The Morgan fingerprint density at radius 3 is 2.86 bits per heavy atom. The summed E-state index contributed by atoms with van der Waals surface area (Å²) in [6.07, 6.45) is 1.63. The Labute approximate surface area is 127 Å². The van der Waals surface area contributed by atoms with Crippen molar-refractivity contribution in [3.8, 4) is 5.75 Å². The smallest absolute Gasteiger partial charge is 0.257 e. The first kappa shape index (κ1) is 15.3. The molecule has 0 bridgehead atoms. The zero-order valence-electron chi connectivity index (χ0n) is 11.7. The van der Waals surface area contributed by atoms with Crippen LogP contribution in [0.15, 0.2) is 48.4 Å². The van der Waals surface area contributed by atoms with Gasteiger partial charge in [-0.05, 0) is 23.6 Å². The van der Waals surface area contributed by atoms with Crippen LogP contribution < -0.4 is 4.74 Å². The maximum atomic E-state index is 14.0. The summed E-state index contributed by atoms with van der Waals surface area (Å²) in [6.45, 7) is 4.45. The van der Waals surface area contributed by atoms with Gasteiger partial charge in [0, 0.05) is 17.5 Å². The van der Waals surface area contributed by atoms with Gasteiger partial charge < -0.3 is 9.64 Å². The monoisotopic (exact) mass is 305 g/mol. The van der Waals surface area contributed by atoms with E-state index in [1.807, 2.05) is 17.5 Å². The highest BCUT2D eigenvalue weighted by Gasteiger charge is 2.19. The lowest BCUT2D eigenvalue weighted by atomic mass is 10.1. The van der Waals surface area contributed by atoms with Gasteiger partial charge >= 0.3 is 0 Å². The molecule has 5 heteroatoms. The summed E-state index contributed by atoms with van der Waals surface area (Å²) in [7, 11) is 1.46. The van der Waals surface area contributed by atoms with Gasteiger partial charge in [-0.1, -0.05) is 12.1 Å². The van der Waals surface area contributed by atoms with Gasteiger partial charge in [0.1, 0.15) is 11.6 Å². The van der Waals surface area contributed by atoms with Gasteiger partial charge in [0.2, 0.25) is 0 Å². The van der Waals surface area contributed by atoms with Crippen molar-refractivity contribution in [3.05, 3.63) is 64.6 Å². The zero-order chi connectivity index (χ0) is 15.2. The second kappa shape index (κ2) is 7.04. The maximum absolute atomic E-state index is 14.0. The Bertz CT molecular complexity index is 625. The SMILES string of the molecule is C=CCN(Cc1cccs1)C(=O)c1ccc(OC)cc1F. The quantitative estimate of drug-likeness (QED) is 0.761. The lowest BCUT2D eigenvalue weighted by Crippen LogP contribution is -2.31. The number of benzene rings is 1. The number of hydrogen-bond acceptors (Lipinski definition) is 3. The van der Waals surface area contributed by atoms with Crippen LogP contribution in [-0.4, -0.2) is 24.5 Å². The number of thiophene rings is 1. The molecule has 2 aromatic rings. The molecule has 110 valence electrons. The van der Waals surface area contributed by atoms with Crippen molar-refractivity contribution in [2.45, 2.75) is 6.54 Å². The molecular formula is C16H16FNO2S. The van der Waals surface area contributed by atoms with Crippen LogP contribution in [0.4, 0.5) is 4.39 Å². The van der Waals surface area contributed by atoms with Crippen molar-refractivity contribution >= 4 is 17.2 Å². The Morgan fingerprint density at radius 2 is 2.29 bits per heavy atom. The van der Waals surface area contributed by atoms with Crippen molar-refractivity contribution in [1.29, 1.82) is 0 Å². The normalized spacial score (nSPS) is 10.2. The van der Waals surface area contributed by atoms with Gasteiger partial charge in [0.05, 0.1) is 19.2 Å². The number of rotatable bonds is 6. The summed E-state index contributed by atoms with van der Waals surface area (Å²) in [4.78, 5) is 15.1. The number of amides is 1. The van der Waals surface area contributed by atoms with E-state index in [4.69, 9.17) is 4.74 Å². The third-order valence-electron chi connectivity index (χ3n) is 2.97. The molecule has 0 aliphatic rings. The van der Waals surface area contributed by atoms with Crippen molar-refractivity contribution in [1.82, 2.24) is 4.90 Å². The second-order valence-corrected chi connectivity index (χ2v) is 5.43. The Hall–Kier alpha value is -2.14. The molecule has 0 atom stereocenters. The average Bonchev–Trinajstić information content (AvgIpc) is 2.99. The van der Waals surface area contributed by atoms with E-state index in [1.165, 1.54) is 19.2 Å². The van der Waals surface area contributed by atoms with Crippen molar-refractivity contribution in [2.24, 2.45) is 0 Å². The van der Waals surface area contributed by atoms with Gasteiger partial charge in [-0.2, -0.15) is 0 Å². The van der Waals surface area contributed by atoms with Crippen LogP contribution in [-0.2, 0) is 6.54 Å². The fourth-order valence-electron chi connectivity index (χ4n) is 1.93. The van der Waals surface area contributed by atoms with Crippen molar-refractivity contribution in [2.75, 3.05) is 13.7 Å². The van der Waals surface area contributed by atoms with Crippen LogP contribution in [0.1, 0.15) is 15.2 Å². The fourth-order valence-corrected chi connectivity index (χ4v) is 2.65. The van der Waals surface area contributed by atoms with E-state index in [1.54, 1.807) is 28.4 Å². The molecule has 0 aliphatic heterocycles. The number of halogens is 1. The van der Waals surface area contributed by atoms with E-state index < -0.39 is 5.82 Å². The Balaban J connectivity index is 2.23. The van der Waals surface area contributed by atoms with Crippen molar-refractivity contribution < 1.29 is 13.9 Å². The number of carbonyl (C=O) groups is 1. The second-order valence-electron chi connectivity index (χ2n) is 4.40. The summed E-state index contributed by atoms with van der Waals surface area (Å²) >= 11 is 1.56. The van der Waals surface area contributed by atoms with Gasteiger partial charge in [-0.3, -0.25) is 4.79 Å². The molecule has 0 unspecified atom stereocenters. The Kier molecular flexibility index (Phi) is 5.11. The third kappa shape index (κ3) is 3.70. The summed E-state index contributed by atoms with van der Waals surface area (Å²) in [5, 5.41) is 1.94. The molecule has 0 aliphatic carbocycles. The lowest BCUT2D eigenvalue weighted by molar-refractivity contribution is 0.0759. The predicted molar refractivity (Wildman–Crippen MR) is 82.2 cm³/mol. The number of hydrogen-bond donors (Lipinski definition) is 0. The van der Waals surface area contributed by atoms with Crippen LogP contribution in [0, 0.1) is 5.82 Å². The minimum Gasteiger partial charge on any atom is -0.497 e. The molecule has 0 radical (unpaired) electrons. The van der Waals surface area contributed by atoms with E-state index in [0.29, 0.717) is 18.8 Å². The molecule has 1 heterocycles. The van der Waals surface area contributed by atoms with Gasteiger partial charge in [0.25, 0.3) is 5.91 Å². The van der Waals surface area contributed by atoms with Crippen LogP contribution in [0.25, 0.3) is 0 Å². The number of nitrogens with zero attached hydrogens (tertiary/aromatic N) is 1. The average molecular weight is 305 g/mol. The van der Waals surface area contributed by atoms with Gasteiger partial charge in [-0.15, -0.1) is 17.9 Å². The molecular weight excluding hydrogens is 289 g/mol. The highest BCUT2D eigenvalue weighted by molar-refractivity contribution is 7.09. The van der Waals surface area contributed by atoms with E-state index >= 15 is 0 Å². The van der Waals surface area contributed by atoms with Crippen LogP contribution in [0.3, 0.4) is 0 Å². The molecule has 0 N–H and O–H groups in total. The molecule has 0 spiro atoms. The molecule has 0 fully saturated rings. The standard InChI is InChI=1S/C16H16FNO2S/c1-3-8-18(11-13-5-4-9-21-13)16(19)14-7-6-12(20-2)10-15(14)17/h3-7,9-10H,1,8,11H2,2H3. The summed E-state index contributed by atoms with van der Waals surface area (Å²) in [6, 6.07) is 8.10. The third-order valence-corrected chi connectivity index (χ3v) is 3.83. The highest BCUT2D eigenvalue weighted by atomic mass is 32.1. The largest absolute Gasteiger partial charge is 0.497 e. The van der Waals surface area contributed by atoms with Gasteiger partial charge in [-0.25, -0.2) is 4.39 Å². The molecule has 2 rings (SSSR count). The highest BCUT2D eigenvalue weighted by Crippen LogP contribution is 2.20. The van der Waals surface area contributed by atoms with E-state index in [0.717, 1.165) is 4.88 Å². The number of methoxy groups -OCH3 is 1. The van der Waals surface area contributed by atoms with Crippen LogP contribution >= 0.6 is 11.3 Å². The topological polar surface area (TPSA) is 29.5 Å². The maximum Gasteiger partial charge on any atom is 0.257 e. The molecule has 0 saturated carbocycles. The molecule has 1 aromatic heterocycles.